The molecule has 0 aromatic heterocycles. The van der Waals surface area contributed by atoms with E-state index in [1.807, 2.05) is 24.3 Å². The van der Waals surface area contributed by atoms with E-state index in [2.05, 4.69) is 4.99 Å². The maximum atomic E-state index is 11.8. The molecule has 1 aromatic rings. The number of carbonyl (C=O) groups is 1. The lowest BCUT2D eigenvalue weighted by Gasteiger charge is -2.08. The summed E-state index contributed by atoms with van der Waals surface area (Å²) >= 11 is 0. The second kappa shape index (κ2) is 7.76. The van der Waals surface area contributed by atoms with Gasteiger partial charge in [-0.1, -0.05) is 18.2 Å². The second-order valence-electron chi connectivity index (χ2n) is 4.75. The van der Waals surface area contributed by atoms with E-state index in [1.165, 1.54) is 0 Å². The second-order valence-corrected chi connectivity index (χ2v) is 6.22. The summed E-state index contributed by atoms with van der Waals surface area (Å²) in [5, 5.41) is 0. The van der Waals surface area contributed by atoms with Crippen LogP contribution in [0.5, 0.6) is 5.75 Å². The summed E-state index contributed by atoms with van der Waals surface area (Å²) in [5.74, 6) is 0.173. The molecular weight excluding hydrogens is 310 g/mol. The molecule has 8 nitrogen and oxygen atoms in total. The van der Waals surface area contributed by atoms with Crippen LogP contribution < -0.4 is 16.2 Å². The minimum absolute atomic E-state index is 0.187. The highest BCUT2D eigenvalue weighted by Gasteiger charge is 2.23. The van der Waals surface area contributed by atoms with Crippen LogP contribution in [0.25, 0.3) is 0 Å². The molecule has 1 aliphatic heterocycles. The molecule has 1 atom stereocenters. The van der Waals surface area contributed by atoms with Crippen molar-refractivity contribution >= 4 is 22.0 Å². The van der Waals surface area contributed by atoms with Crippen LogP contribution in [-0.4, -0.2) is 37.7 Å². The number of carbonyl (C=O) groups excluding carboxylic acids is 1. The molecule has 0 spiro atoms. The fourth-order valence-corrected chi connectivity index (χ4v) is 1.92. The van der Waals surface area contributed by atoms with Crippen molar-refractivity contribution in [2.45, 2.75) is 12.8 Å². The van der Waals surface area contributed by atoms with Gasteiger partial charge >= 0.3 is 0 Å². The minimum Gasteiger partial charge on any atom is -0.493 e. The molecule has 0 aliphatic carbocycles. The number of aliphatic imine (C=N–C) groups is 1. The molecule has 1 aliphatic rings. The first kappa shape index (κ1) is 17.9. The fraction of sp³-hybridized carbons (Fsp3) is 0.385. The van der Waals surface area contributed by atoms with Crippen LogP contribution in [0, 0.1) is 5.92 Å². The third-order valence-electron chi connectivity index (χ3n) is 2.75. The van der Waals surface area contributed by atoms with Gasteiger partial charge in [-0.3, -0.25) is 9.35 Å². The molecule has 1 heterocycles. The highest BCUT2D eigenvalue weighted by Crippen LogP contribution is 2.27. The van der Waals surface area contributed by atoms with Gasteiger partial charge in [0.1, 0.15) is 5.75 Å². The van der Waals surface area contributed by atoms with Gasteiger partial charge < -0.3 is 16.2 Å². The van der Waals surface area contributed by atoms with Gasteiger partial charge in [-0.15, -0.1) is 0 Å². The monoisotopic (exact) mass is 329 g/mol. The predicted octanol–water partition coefficient (Wildman–Crippen LogP) is -0.0682. The number of rotatable bonds is 1. The van der Waals surface area contributed by atoms with Gasteiger partial charge in [0.05, 0.1) is 12.9 Å². The van der Waals surface area contributed by atoms with Crippen LogP contribution >= 0.6 is 0 Å². The van der Waals surface area contributed by atoms with Crippen LogP contribution in [0.4, 0.5) is 0 Å². The molecule has 5 N–H and O–H groups in total. The van der Waals surface area contributed by atoms with Crippen LogP contribution in [0.2, 0.25) is 0 Å². The summed E-state index contributed by atoms with van der Waals surface area (Å²) in [5.41, 5.74) is 11.4. The molecule has 122 valence electrons. The van der Waals surface area contributed by atoms with E-state index in [0.29, 0.717) is 25.7 Å². The largest absolute Gasteiger partial charge is 0.493 e. The molecular formula is C13H19N3O5S. The standard InChI is InChI=1S/C12H15N3O2.CH4O3S/c13-12(14)15-11(16)9-5-6-17-10-4-2-1-3-8(10)7-9;1-5(2,3)4/h1-4,9H,5-7H2,(H4,13,14,15,16);1H3,(H,2,3,4). The summed E-state index contributed by atoms with van der Waals surface area (Å²) in [6, 6.07) is 7.70. The molecule has 22 heavy (non-hydrogen) atoms. The first-order valence-corrected chi connectivity index (χ1v) is 8.28. The average Bonchev–Trinajstić information content (AvgIpc) is 2.57. The Morgan fingerprint density at radius 3 is 2.55 bits per heavy atom. The van der Waals surface area contributed by atoms with Gasteiger partial charge in [0.15, 0.2) is 5.96 Å². The molecule has 1 aromatic carbocycles. The topological polar surface area (TPSA) is 145 Å². The van der Waals surface area contributed by atoms with Gasteiger partial charge in [-0.25, -0.2) is 0 Å². The Hall–Kier alpha value is -2.13. The van der Waals surface area contributed by atoms with E-state index >= 15 is 0 Å². The van der Waals surface area contributed by atoms with Crippen molar-refractivity contribution in [1.82, 2.24) is 0 Å². The Labute approximate surface area is 128 Å². The van der Waals surface area contributed by atoms with Crippen LogP contribution in [0.1, 0.15) is 12.0 Å². The Balaban J connectivity index is 0.000000422. The lowest BCUT2D eigenvalue weighted by Crippen LogP contribution is -2.27. The van der Waals surface area contributed by atoms with Gasteiger partial charge in [0, 0.05) is 5.92 Å². The first-order chi connectivity index (χ1) is 10.2. The van der Waals surface area contributed by atoms with E-state index in [0.717, 1.165) is 11.3 Å². The quantitative estimate of drug-likeness (QED) is 0.371. The lowest BCUT2D eigenvalue weighted by molar-refractivity contribution is -0.121. The zero-order valence-electron chi connectivity index (χ0n) is 12.1. The van der Waals surface area contributed by atoms with Crippen LogP contribution in [0.15, 0.2) is 29.3 Å². The Kier molecular flexibility index (Phi) is 6.32. The van der Waals surface area contributed by atoms with Gasteiger partial charge in [-0.05, 0) is 24.5 Å². The van der Waals surface area contributed by atoms with E-state index in [9.17, 15) is 13.2 Å². The number of fused-ring (bicyclic) bond motifs is 1. The number of benzene rings is 1. The molecule has 0 fully saturated rings. The Bertz CT molecular complexity index is 645. The van der Waals surface area contributed by atoms with E-state index in [4.69, 9.17) is 20.8 Å². The molecule has 0 bridgehead atoms. The highest BCUT2D eigenvalue weighted by atomic mass is 32.2. The van der Waals surface area contributed by atoms with E-state index < -0.39 is 10.1 Å². The van der Waals surface area contributed by atoms with Crippen molar-refractivity contribution in [3.63, 3.8) is 0 Å². The van der Waals surface area contributed by atoms with Gasteiger partial charge in [0.2, 0.25) is 0 Å². The third kappa shape index (κ3) is 7.04. The highest BCUT2D eigenvalue weighted by molar-refractivity contribution is 7.85. The number of ether oxygens (including phenoxy) is 1. The van der Waals surface area contributed by atoms with Gasteiger partial charge in [0.25, 0.3) is 16.0 Å². The van der Waals surface area contributed by atoms with E-state index in [1.54, 1.807) is 0 Å². The van der Waals surface area contributed by atoms with Crippen molar-refractivity contribution in [2.24, 2.45) is 22.4 Å². The molecule has 0 saturated heterocycles. The van der Waals surface area contributed by atoms with Crippen LogP contribution in [-0.2, 0) is 21.3 Å². The maximum Gasteiger partial charge on any atom is 0.261 e. The van der Waals surface area contributed by atoms with Crippen molar-refractivity contribution in [3.8, 4) is 5.75 Å². The lowest BCUT2D eigenvalue weighted by atomic mass is 9.96. The predicted molar refractivity (Wildman–Crippen MR) is 82.0 cm³/mol. The van der Waals surface area contributed by atoms with Crippen molar-refractivity contribution < 1.29 is 22.5 Å². The summed E-state index contributed by atoms with van der Waals surface area (Å²) in [6.07, 6.45) is 1.96. The summed E-state index contributed by atoms with van der Waals surface area (Å²) in [6.45, 7) is 0.507. The number of amides is 1. The zero-order chi connectivity index (χ0) is 16.8. The SMILES string of the molecule is CS(=O)(=O)O.NC(N)=NC(=O)C1CCOc2ccccc2C1. The van der Waals surface area contributed by atoms with Crippen molar-refractivity contribution in [3.05, 3.63) is 29.8 Å². The molecule has 1 amide bonds. The normalized spacial score (nSPS) is 16.9. The smallest absolute Gasteiger partial charge is 0.261 e. The maximum absolute atomic E-state index is 11.8. The zero-order valence-corrected chi connectivity index (χ0v) is 12.9. The van der Waals surface area contributed by atoms with Gasteiger partial charge in [-0.2, -0.15) is 13.4 Å². The average molecular weight is 329 g/mol. The Morgan fingerprint density at radius 2 is 1.95 bits per heavy atom. The summed E-state index contributed by atoms with van der Waals surface area (Å²) < 4.78 is 31.4. The number of nitrogens with zero attached hydrogens (tertiary/aromatic N) is 1. The van der Waals surface area contributed by atoms with Crippen LogP contribution in [0.3, 0.4) is 0 Å². The first-order valence-electron chi connectivity index (χ1n) is 6.43. The molecule has 1 unspecified atom stereocenters. The summed E-state index contributed by atoms with van der Waals surface area (Å²) in [4.78, 5) is 15.4. The molecule has 9 heteroatoms. The molecule has 2 rings (SSSR count). The Morgan fingerprint density at radius 1 is 1.36 bits per heavy atom. The number of hydrogen-bond acceptors (Lipinski definition) is 4. The van der Waals surface area contributed by atoms with Crippen molar-refractivity contribution in [1.29, 1.82) is 0 Å². The number of para-hydroxylation sites is 1. The fourth-order valence-electron chi connectivity index (χ4n) is 1.92. The minimum atomic E-state index is -3.67. The molecule has 0 saturated carbocycles. The van der Waals surface area contributed by atoms with E-state index in [-0.39, 0.29) is 17.8 Å². The third-order valence-corrected chi connectivity index (χ3v) is 2.75. The molecule has 0 radical (unpaired) electrons. The number of nitrogens with two attached hydrogens (primary N) is 2. The van der Waals surface area contributed by atoms with Crippen molar-refractivity contribution in [2.75, 3.05) is 12.9 Å². The number of guanidine groups is 1. The summed E-state index contributed by atoms with van der Waals surface area (Å²) in [7, 11) is -3.67. The number of hydrogen-bond donors (Lipinski definition) is 3.